The van der Waals surface area contributed by atoms with E-state index in [-0.39, 0.29) is 18.4 Å². The van der Waals surface area contributed by atoms with Crippen LogP contribution >= 0.6 is 0 Å². The molecule has 3 atom stereocenters. The van der Waals surface area contributed by atoms with Crippen LogP contribution in [0.1, 0.15) is 43.4 Å². The van der Waals surface area contributed by atoms with E-state index in [0.717, 1.165) is 36.9 Å². The van der Waals surface area contributed by atoms with E-state index in [2.05, 4.69) is 4.98 Å². The second kappa shape index (κ2) is 7.55. The summed E-state index contributed by atoms with van der Waals surface area (Å²) >= 11 is 0. The van der Waals surface area contributed by atoms with E-state index < -0.39 is 12.0 Å². The first-order valence-electron chi connectivity index (χ1n) is 9.70. The van der Waals surface area contributed by atoms with E-state index in [0.29, 0.717) is 18.9 Å². The fourth-order valence-corrected chi connectivity index (χ4v) is 4.70. The third kappa shape index (κ3) is 3.61. The molecule has 1 amide bonds. The number of aliphatic carboxylic acids is 1. The van der Waals surface area contributed by atoms with Crippen LogP contribution in [0.4, 0.5) is 0 Å². The molecule has 4 rings (SSSR count). The monoisotopic (exact) mass is 367 g/mol. The Morgan fingerprint density at radius 2 is 1.93 bits per heavy atom. The Morgan fingerprint density at radius 1 is 1.15 bits per heavy atom. The average Bonchev–Trinajstić information content (AvgIpc) is 3.27. The van der Waals surface area contributed by atoms with Gasteiger partial charge in [0.1, 0.15) is 6.04 Å². The number of hydrogen-bond acceptors (Lipinski definition) is 3. The number of carboxylic acid groups (broad SMARTS) is 1. The van der Waals surface area contributed by atoms with Crippen LogP contribution in [0.3, 0.4) is 0 Å². The lowest BCUT2D eigenvalue weighted by Gasteiger charge is -2.33. The standard InChI is InChI=1S/C21H25N3O3/c25-20(24-18-9-5-4-8-16(18)10-19(24)21(26)27)11-17-12-22-14-23(17)13-15-6-2-1-3-7-15/h1-3,6-7,12,14,16,18-19H,4-5,8-11,13H2,(H,26,27). The summed E-state index contributed by atoms with van der Waals surface area (Å²) in [5.41, 5.74) is 1.97. The van der Waals surface area contributed by atoms with Crippen molar-refractivity contribution in [3.05, 3.63) is 54.1 Å². The van der Waals surface area contributed by atoms with Gasteiger partial charge in [-0.25, -0.2) is 9.78 Å². The number of imidazole rings is 1. The number of hydrogen-bond donors (Lipinski definition) is 1. The SMILES string of the molecule is O=C(O)C1CC2CCCCC2N1C(=O)Cc1cncn1Cc1ccccc1. The number of carbonyl (C=O) groups excluding carboxylic acids is 1. The van der Waals surface area contributed by atoms with E-state index in [1.165, 1.54) is 0 Å². The molecule has 1 aliphatic carbocycles. The zero-order valence-electron chi connectivity index (χ0n) is 15.3. The third-order valence-corrected chi connectivity index (χ3v) is 5.99. The molecule has 1 N–H and O–H groups in total. The molecule has 2 fully saturated rings. The van der Waals surface area contributed by atoms with Crippen molar-refractivity contribution in [2.45, 2.75) is 57.2 Å². The highest BCUT2D eigenvalue weighted by molar-refractivity contribution is 5.86. The van der Waals surface area contributed by atoms with E-state index in [4.69, 9.17) is 0 Å². The molecule has 0 spiro atoms. The summed E-state index contributed by atoms with van der Waals surface area (Å²) in [6, 6.07) is 9.43. The summed E-state index contributed by atoms with van der Waals surface area (Å²) in [4.78, 5) is 30.7. The van der Waals surface area contributed by atoms with Crippen LogP contribution in [-0.2, 0) is 22.6 Å². The summed E-state index contributed by atoms with van der Waals surface area (Å²) in [6.07, 6.45) is 8.40. The highest BCUT2D eigenvalue weighted by atomic mass is 16.4. The number of amides is 1. The quantitative estimate of drug-likeness (QED) is 0.882. The van der Waals surface area contributed by atoms with E-state index >= 15 is 0 Å². The van der Waals surface area contributed by atoms with Gasteiger partial charge in [0, 0.05) is 24.5 Å². The van der Waals surface area contributed by atoms with Gasteiger partial charge >= 0.3 is 5.97 Å². The minimum Gasteiger partial charge on any atom is -0.480 e. The number of likely N-dealkylation sites (tertiary alicyclic amines) is 1. The molecule has 2 aliphatic rings. The lowest BCUT2D eigenvalue weighted by molar-refractivity contribution is -0.149. The lowest BCUT2D eigenvalue weighted by Crippen LogP contribution is -2.47. The van der Waals surface area contributed by atoms with Crippen molar-refractivity contribution in [3.63, 3.8) is 0 Å². The van der Waals surface area contributed by atoms with Gasteiger partial charge in [-0.1, -0.05) is 43.2 Å². The number of carbonyl (C=O) groups is 2. The molecule has 6 heteroatoms. The predicted molar refractivity (Wildman–Crippen MR) is 100 cm³/mol. The first-order valence-corrected chi connectivity index (χ1v) is 9.70. The third-order valence-electron chi connectivity index (χ3n) is 5.99. The van der Waals surface area contributed by atoms with Crippen molar-refractivity contribution >= 4 is 11.9 Å². The average molecular weight is 367 g/mol. The number of aromatic nitrogens is 2. The van der Waals surface area contributed by atoms with Gasteiger partial charge in [0.25, 0.3) is 0 Å². The van der Waals surface area contributed by atoms with Crippen LogP contribution in [0.5, 0.6) is 0 Å². The van der Waals surface area contributed by atoms with Crippen molar-refractivity contribution in [1.82, 2.24) is 14.5 Å². The van der Waals surface area contributed by atoms with Crippen molar-refractivity contribution in [3.8, 4) is 0 Å². The molecule has 1 aliphatic heterocycles. The smallest absolute Gasteiger partial charge is 0.326 e. The van der Waals surface area contributed by atoms with Crippen LogP contribution in [-0.4, -0.2) is 43.5 Å². The zero-order chi connectivity index (χ0) is 18.8. The first-order chi connectivity index (χ1) is 13.1. The summed E-state index contributed by atoms with van der Waals surface area (Å²) < 4.78 is 1.97. The van der Waals surface area contributed by atoms with Crippen molar-refractivity contribution in [2.75, 3.05) is 0 Å². The number of rotatable bonds is 5. The minimum atomic E-state index is -0.879. The predicted octanol–water partition coefficient (Wildman–Crippen LogP) is 2.72. The molecular formula is C21H25N3O3. The van der Waals surface area contributed by atoms with Gasteiger partial charge in [-0.05, 0) is 30.7 Å². The van der Waals surface area contributed by atoms with Gasteiger partial charge < -0.3 is 14.6 Å². The Hall–Kier alpha value is -2.63. The molecule has 0 radical (unpaired) electrons. The highest BCUT2D eigenvalue weighted by Crippen LogP contribution is 2.40. The van der Waals surface area contributed by atoms with E-state index in [1.807, 2.05) is 34.9 Å². The second-order valence-electron chi connectivity index (χ2n) is 7.68. The molecule has 6 nitrogen and oxygen atoms in total. The lowest BCUT2D eigenvalue weighted by atomic mass is 9.84. The summed E-state index contributed by atoms with van der Waals surface area (Å²) in [7, 11) is 0. The van der Waals surface area contributed by atoms with Gasteiger partial charge in [-0.3, -0.25) is 4.79 Å². The summed E-state index contributed by atoms with van der Waals surface area (Å²) in [6.45, 7) is 0.651. The first kappa shape index (κ1) is 17.8. The molecular weight excluding hydrogens is 342 g/mol. The number of carboxylic acids is 1. The fourth-order valence-electron chi connectivity index (χ4n) is 4.70. The molecule has 2 heterocycles. The van der Waals surface area contributed by atoms with Gasteiger partial charge in [0.15, 0.2) is 0 Å². The summed E-state index contributed by atoms with van der Waals surface area (Å²) in [5, 5.41) is 9.64. The maximum Gasteiger partial charge on any atom is 0.326 e. The van der Waals surface area contributed by atoms with Crippen LogP contribution < -0.4 is 0 Å². The fraction of sp³-hybridized carbons (Fsp3) is 0.476. The topological polar surface area (TPSA) is 75.4 Å². The minimum absolute atomic E-state index is 0.0813. The van der Waals surface area contributed by atoms with E-state index in [9.17, 15) is 14.7 Å². The molecule has 142 valence electrons. The van der Waals surface area contributed by atoms with Crippen LogP contribution in [0.2, 0.25) is 0 Å². The van der Waals surface area contributed by atoms with Crippen molar-refractivity contribution < 1.29 is 14.7 Å². The Labute approximate surface area is 158 Å². The Kier molecular flexibility index (Phi) is 4.97. The van der Waals surface area contributed by atoms with Crippen molar-refractivity contribution in [1.29, 1.82) is 0 Å². The molecule has 0 bridgehead atoms. The maximum absolute atomic E-state index is 13.1. The second-order valence-corrected chi connectivity index (χ2v) is 7.68. The molecule has 2 aromatic rings. The number of nitrogens with zero attached hydrogens (tertiary/aromatic N) is 3. The Balaban J connectivity index is 1.51. The molecule has 1 saturated heterocycles. The maximum atomic E-state index is 13.1. The molecule has 27 heavy (non-hydrogen) atoms. The van der Waals surface area contributed by atoms with Gasteiger partial charge in [0.05, 0.1) is 12.7 Å². The number of benzene rings is 1. The number of fused-ring (bicyclic) bond motifs is 1. The summed E-state index contributed by atoms with van der Waals surface area (Å²) in [5.74, 6) is -0.639. The van der Waals surface area contributed by atoms with Crippen LogP contribution in [0.15, 0.2) is 42.9 Å². The molecule has 3 unspecified atom stereocenters. The van der Waals surface area contributed by atoms with Gasteiger partial charge in [-0.15, -0.1) is 0 Å². The Morgan fingerprint density at radius 3 is 2.70 bits per heavy atom. The van der Waals surface area contributed by atoms with Crippen molar-refractivity contribution in [2.24, 2.45) is 5.92 Å². The van der Waals surface area contributed by atoms with E-state index in [1.54, 1.807) is 17.4 Å². The largest absolute Gasteiger partial charge is 0.480 e. The molecule has 1 aromatic carbocycles. The van der Waals surface area contributed by atoms with Crippen LogP contribution in [0.25, 0.3) is 0 Å². The normalized spacial score (nSPS) is 24.6. The zero-order valence-corrected chi connectivity index (χ0v) is 15.3. The van der Waals surface area contributed by atoms with Crippen LogP contribution in [0, 0.1) is 5.92 Å². The van der Waals surface area contributed by atoms with Gasteiger partial charge in [-0.2, -0.15) is 0 Å². The molecule has 1 saturated carbocycles. The Bertz CT molecular complexity index is 817. The molecule has 1 aromatic heterocycles. The van der Waals surface area contributed by atoms with Gasteiger partial charge in [0.2, 0.25) is 5.91 Å². The highest BCUT2D eigenvalue weighted by Gasteiger charge is 2.47.